The van der Waals surface area contributed by atoms with E-state index in [0.717, 1.165) is 51.5 Å². The van der Waals surface area contributed by atoms with Crippen LogP contribution >= 0.6 is 0 Å². The first-order valence-electron chi connectivity index (χ1n) is 7.20. The van der Waals surface area contributed by atoms with Gasteiger partial charge in [-0.15, -0.1) is 0 Å². The highest BCUT2D eigenvalue weighted by Gasteiger charge is 2.08. The number of ether oxygens (including phenoxy) is 1. The lowest BCUT2D eigenvalue weighted by Gasteiger charge is -2.26. The van der Waals surface area contributed by atoms with E-state index in [-0.39, 0.29) is 5.82 Å². The van der Waals surface area contributed by atoms with Gasteiger partial charge in [-0.05, 0) is 17.7 Å². The fraction of sp³-hybridized carbons (Fsp3) is 0.467. The van der Waals surface area contributed by atoms with Crippen LogP contribution in [0.4, 0.5) is 4.39 Å². The number of hydrogen-bond donors (Lipinski definition) is 3. The SMILES string of the molecule is Fc1ccc(CNCCN2CCOCC2)cc1.O=C(O)C(=O)O. The quantitative estimate of drug-likeness (QED) is 0.531. The summed E-state index contributed by atoms with van der Waals surface area (Å²) >= 11 is 0. The van der Waals surface area contributed by atoms with Gasteiger partial charge in [0, 0.05) is 32.7 Å². The number of halogens is 1. The van der Waals surface area contributed by atoms with Crippen molar-refractivity contribution in [2.24, 2.45) is 0 Å². The van der Waals surface area contributed by atoms with Crippen LogP contribution in [-0.4, -0.2) is 66.4 Å². The minimum absolute atomic E-state index is 0.179. The predicted octanol–water partition coefficient (Wildman–Crippen LogP) is 0.403. The zero-order valence-corrected chi connectivity index (χ0v) is 12.7. The van der Waals surface area contributed by atoms with Crippen LogP contribution in [0.1, 0.15) is 5.56 Å². The van der Waals surface area contributed by atoms with Crippen LogP contribution in [0, 0.1) is 5.82 Å². The van der Waals surface area contributed by atoms with Crippen molar-refractivity contribution in [2.75, 3.05) is 39.4 Å². The zero-order valence-electron chi connectivity index (χ0n) is 12.7. The number of carbonyl (C=O) groups is 2. The van der Waals surface area contributed by atoms with Crippen LogP contribution in [-0.2, 0) is 20.9 Å². The Morgan fingerprint density at radius 2 is 1.70 bits per heavy atom. The van der Waals surface area contributed by atoms with Gasteiger partial charge < -0.3 is 20.3 Å². The number of nitrogens with zero attached hydrogens (tertiary/aromatic N) is 1. The summed E-state index contributed by atoms with van der Waals surface area (Å²) in [4.78, 5) is 20.6. The molecule has 0 radical (unpaired) electrons. The summed E-state index contributed by atoms with van der Waals surface area (Å²) in [5.74, 6) is -3.83. The van der Waals surface area contributed by atoms with Crippen molar-refractivity contribution < 1.29 is 28.9 Å². The van der Waals surface area contributed by atoms with E-state index in [2.05, 4.69) is 10.2 Å². The van der Waals surface area contributed by atoms with E-state index in [1.807, 2.05) is 12.1 Å². The monoisotopic (exact) mass is 328 g/mol. The van der Waals surface area contributed by atoms with E-state index in [1.165, 1.54) is 12.1 Å². The molecule has 0 spiro atoms. The van der Waals surface area contributed by atoms with Crippen molar-refractivity contribution in [1.29, 1.82) is 0 Å². The molecule has 1 fully saturated rings. The first kappa shape index (κ1) is 19.0. The number of morpholine rings is 1. The summed E-state index contributed by atoms with van der Waals surface area (Å²) in [6.07, 6.45) is 0. The van der Waals surface area contributed by atoms with Gasteiger partial charge in [0.2, 0.25) is 0 Å². The van der Waals surface area contributed by atoms with Crippen molar-refractivity contribution in [3.05, 3.63) is 35.6 Å². The molecule has 0 saturated carbocycles. The van der Waals surface area contributed by atoms with Crippen molar-refractivity contribution >= 4 is 11.9 Å². The Morgan fingerprint density at radius 3 is 2.22 bits per heavy atom. The summed E-state index contributed by atoms with van der Waals surface area (Å²) < 4.78 is 18.0. The molecule has 0 aromatic heterocycles. The molecule has 128 valence electrons. The smallest absolute Gasteiger partial charge is 0.414 e. The maximum absolute atomic E-state index is 12.7. The van der Waals surface area contributed by atoms with Crippen molar-refractivity contribution in [1.82, 2.24) is 10.2 Å². The van der Waals surface area contributed by atoms with Gasteiger partial charge in [-0.1, -0.05) is 12.1 Å². The summed E-state index contributed by atoms with van der Waals surface area (Å²) in [5, 5.41) is 18.1. The molecular formula is C15H21FN2O5. The number of benzene rings is 1. The molecule has 0 amide bonds. The number of hydrogen-bond acceptors (Lipinski definition) is 5. The first-order chi connectivity index (χ1) is 11.0. The van der Waals surface area contributed by atoms with Gasteiger partial charge in [0.05, 0.1) is 13.2 Å². The highest BCUT2D eigenvalue weighted by Crippen LogP contribution is 2.02. The second kappa shape index (κ2) is 10.7. The lowest BCUT2D eigenvalue weighted by atomic mass is 10.2. The highest BCUT2D eigenvalue weighted by atomic mass is 19.1. The number of nitrogens with one attached hydrogen (secondary N) is 1. The molecule has 0 unspecified atom stereocenters. The second-order valence-electron chi connectivity index (χ2n) is 4.87. The van der Waals surface area contributed by atoms with Gasteiger partial charge in [-0.2, -0.15) is 0 Å². The maximum Gasteiger partial charge on any atom is 0.414 e. The van der Waals surface area contributed by atoms with Crippen molar-refractivity contribution in [3.8, 4) is 0 Å². The molecule has 0 bridgehead atoms. The molecule has 1 aliphatic heterocycles. The topological polar surface area (TPSA) is 99.1 Å². The fourth-order valence-corrected chi connectivity index (χ4v) is 1.90. The predicted molar refractivity (Wildman–Crippen MR) is 80.6 cm³/mol. The van der Waals surface area contributed by atoms with Gasteiger partial charge in [-0.25, -0.2) is 14.0 Å². The van der Waals surface area contributed by atoms with Gasteiger partial charge in [0.15, 0.2) is 0 Å². The van der Waals surface area contributed by atoms with E-state index in [9.17, 15) is 4.39 Å². The van der Waals surface area contributed by atoms with Gasteiger partial charge >= 0.3 is 11.9 Å². The average Bonchev–Trinajstić information content (AvgIpc) is 2.55. The molecule has 1 aromatic rings. The molecule has 1 heterocycles. The average molecular weight is 328 g/mol. The van der Waals surface area contributed by atoms with E-state index in [4.69, 9.17) is 24.5 Å². The summed E-state index contributed by atoms with van der Waals surface area (Å²) in [7, 11) is 0. The molecule has 1 aromatic carbocycles. The van der Waals surface area contributed by atoms with Crippen LogP contribution in [0.15, 0.2) is 24.3 Å². The molecule has 1 saturated heterocycles. The normalized spacial score (nSPS) is 14.7. The third-order valence-electron chi connectivity index (χ3n) is 3.13. The molecule has 2 rings (SSSR count). The Balaban J connectivity index is 0.000000379. The lowest BCUT2D eigenvalue weighted by molar-refractivity contribution is -0.159. The largest absolute Gasteiger partial charge is 0.473 e. The maximum atomic E-state index is 12.7. The summed E-state index contributed by atoms with van der Waals surface area (Å²) in [5.41, 5.74) is 1.12. The Kier molecular flexibility index (Phi) is 8.81. The van der Waals surface area contributed by atoms with E-state index in [1.54, 1.807) is 0 Å². The Bertz CT molecular complexity index is 477. The second-order valence-corrected chi connectivity index (χ2v) is 4.87. The van der Waals surface area contributed by atoms with Crippen molar-refractivity contribution in [2.45, 2.75) is 6.54 Å². The van der Waals surface area contributed by atoms with E-state index >= 15 is 0 Å². The van der Waals surface area contributed by atoms with E-state index < -0.39 is 11.9 Å². The first-order valence-corrected chi connectivity index (χ1v) is 7.20. The Hall–Kier alpha value is -2.03. The number of carboxylic acid groups (broad SMARTS) is 2. The molecule has 23 heavy (non-hydrogen) atoms. The fourth-order valence-electron chi connectivity index (χ4n) is 1.90. The number of rotatable bonds is 5. The summed E-state index contributed by atoms with van der Waals surface area (Å²) in [6.45, 7) is 6.54. The van der Waals surface area contributed by atoms with E-state index in [0.29, 0.717) is 0 Å². The third-order valence-corrected chi connectivity index (χ3v) is 3.13. The standard InChI is InChI=1S/C13H19FN2O.C2H2O4/c14-13-3-1-12(2-4-13)11-15-5-6-16-7-9-17-10-8-16;3-1(4)2(5)6/h1-4,15H,5-11H2;(H,3,4)(H,5,6). The molecule has 8 heteroatoms. The van der Waals surface area contributed by atoms with Crippen LogP contribution < -0.4 is 5.32 Å². The van der Waals surface area contributed by atoms with Crippen LogP contribution in [0.3, 0.4) is 0 Å². The summed E-state index contributed by atoms with van der Waals surface area (Å²) in [6, 6.07) is 6.63. The van der Waals surface area contributed by atoms with Crippen LogP contribution in [0.25, 0.3) is 0 Å². The molecule has 1 aliphatic rings. The zero-order chi connectivity index (χ0) is 17.1. The highest BCUT2D eigenvalue weighted by molar-refractivity contribution is 6.27. The molecule has 0 aliphatic carbocycles. The molecular weight excluding hydrogens is 307 g/mol. The van der Waals surface area contributed by atoms with Gasteiger partial charge in [0.25, 0.3) is 0 Å². The molecule has 0 atom stereocenters. The number of aliphatic carboxylic acids is 2. The Morgan fingerprint density at radius 1 is 1.13 bits per heavy atom. The van der Waals surface area contributed by atoms with Gasteiger partial charge in [0.1, 0.15) is 5.82 Å². The molecule has 3 N–H and O–H groups in total. The van der Waals surface area contributed by atoms with Crippen LogP contribution in [0.5, 0.6) is 0 Å². The van der Waals surface area contributed by atoms with Gasteiger partial charge in [-0.3, -0.25) is 4.90 Å². The molecule has 7 nitrogen and oxygen atoms in total. The third kappa shape index (κ3) is 8.87. The van der Waals surface area contributed by atoms with Crippen LogP contribution in [0.2, 0.25) is 0 Å². The minimum Gasteiger partial charge on any atom is -0.473 e. The Labute approximate surface area is 133 Å². The number of carboxylic acids is 2. The van der Waals surface area contributed by atoms with Crippen molar-refractivity contribution in [3.63, 3.8) is 0 Å². The lowest BCUT2D eigenvalue weighted by Crippen LogP contribution is -2.40. The minimum atomic E-state index is -1.82.